The molecule has 7 heteroatoms. The lowest BCUT2D eigenvalue weighted by molar-refractivity contribution is 0.122. The van der Waals surface area contributed by atoms with Crippen molar-refractivity contribution in [3.05, 3.63) is 46.0 Å². The first-order valence-corrected chi connectivity index (χ1v) is 11.0. The molecule has 5 rings (SSSR count). The number of fused-ring (bicyclic) bond motifs is 1. The van der Waals surface area contributed by atoms with Crippen LogP contribution in [0.4, 0.5) is 5.69 Å². The minimum atomic E-state index is 0.418. The molecule has 2 aliphatic heterocycles. The maximum atomic E-state index is 5.47. The number of morpholine rings is 1. The van der Waals surface area contributed by atoms with Crippen molar-refractivity contribution in [1.29, 1.82) is 0 Å². The second kappa shape index (κ2) is 7.81. The molecule has 6 nitrogen and oxygen atoms in total. The van der Waals surface area contributed by atoms with Gasteiger partial charge in [0.25, 0.3) is 0 Å². The molecule has 3 aromatic heterocycles. The largest absolute Gasteiger partial charge is 0.378 e. The number of piperidine rings is 1. The van der Waals surface area contributed by atoms with Gasteiger partial charge in [-0.1, -0.05) is 0 Å². The molecule has 2 saturated heterocycles. The van der Waals surface area contributed by atoms with Gasteiger partial charge in [0, 0.05) is 41.9 Å². The summed E-state index contributed by atoms with van der Waals surface area (Å²) in [7, 11) is 0. The van der Waals surface area contributed by atoms with E-state index in [2.05, 4.69) is 47.2 Å². The van der Waals surface area contributed by atoms with Gasteiger partial charge in [-0.15, -0.1) is 11.3 Å². The lowest BCUT2D eigenvalue weighted by atomic mass is 9.97. The van der Waals surface area contributed by atoms with Gasteiger partial charge in [-0.25, -0.2) is 9.50 Å². The molecule has 2 aliphatic rings. The molecule has 1 atom stereocenters. The van der Waals surface area contributed by atoms with Gasteiger partial charge in [-0.2, -0.15) is 5.10 Å². The van der Waals surface area contributed by atoms with Gasteiger partial charge in [0.2, 0.25) is 0 Å². The number of anilines is 1. The molecule has 3 aromatic rings. The number of thiophene rings is 1. The van der Waals surface area contributed by atoms with Gasteiger partial charge in [-0.3, -0.25) is 4.90 Å². The van der Waals surface area contributed by atoms with Gasteiger partial charge < -0.3 is 9.64 Å². The Kier molecular flexibility index (Phi) is 5.05. The molecule has 0 aromatic carbocycles. The van der Waals surface area contributed by atoms with Crippen LogP contribution in [0.2, 0.25) is 0 Å². The van der Waals surface area contributed by atoms with E-state index in [9.17, 15) is 0 Å². The van der Waals surface area contributed by atoms with Gasteiger partial charge in [0.1, 0.15) is 0 Å². The number of hydrogen-bond acceptors (Lipinski definition) is 6. The summed E-state index contributed by atoms with van der Waals surface area (Å²) >= 11 is 1.91. The maximum Gasteiger partial charge on any atom is 0.156 e. The summed E-state index contributed by atoms with van der Waals surface area (Å²) in [4.78, 5) is 12.6. The number of likely N-dealkylation sites (tertiary alicyclic amines) is 1. The molecule has 0 saturated carbocycles. The first kappa shape index (κ1) is 18.1. The van der Waals surface area contributed by atoms with E-state index in [0.29, 0.717) is 5.92 Å². The number of aryl methyl sites for hydroxylation is 1. The van der Waals surface area contributed by atoms with Crippen molar-refractivity contribution >= 4 is 22.7 Å². The molecule has 0 aliphatic carbocycles. The van der Waals surface area contributed by atoms with Crippen molar-refractivity contribution in [3.8, 4) is 0 Å². The van der Waals surface area contributed by atoms with E-state index >= 15 is 0 Å². The van der Waals surface area contributed by atoms with Crippen LogP contribution < -0.4 is 4.90 Å². The Hall–Kier alpha value is -1.96. The Morgan fingerprint density at radius 3 is 2.86 bits per heavy atom. The van der Waals surface area contributed by atoms with Crippen LogP contribution in [0, 0.1) is 6.92 Å². The van der Waals surface area contributed by atoms with Crippen LogP contribution in [0.5, 0.6) is 0 Å². The number of pyridine rings is 1. The van der Waals surface area contributed by atoms with Gasteiger partial charge >= 0.3 is 0 Å². The summed E-state index contributed by atoms with van der Waals surface area (Å²) in [5.41, 5.74) is 2.14. The van der Waals surface area contributed by atoms with E-state index in [-0.39, 0.29) is 0 Å². The topological polar surface area (TPSA) is 45.9 Å². The molecule has 0 N–H and O–H groups in total. The lowest BCUT2D eigenvalue weighted by Crippen LogP contribution is -2.36. The predicted octanol–water partition coefficient (Wildman–Crippen LogP) is 3.32. The molecule has 5 heterocycles. The monoisotopic (exact) mass is 397 g/mol. The third-order valence-corrected chi connectivity index (χ3v) is 6.74. The van der Waals surface area contributed by atoms with Crippen molar-refractivity contribution in [3.63, 3.8) is 0 Å². The van der Waals surface area contributed by atoms with Gasteiger partial charge in [0.05, 0.1) is 25.1 Å². The minimum Gasteiger partial charge on any atom is -0.378 e. The zero-order valence-electron chi connectivity index (χ0n) is 16.4. The summed E-state index contributed by atoms with van der Waals surface area (Å²) in [5.74, 6) is 1.41. The predicted molar refractivity (Wildman–Crippen MR) is 112 cm³/mol. The maximum absolute atomic E-state index is 5.47. The standard InChI is InChI=1S/C21H27N5OS/c1-16-4-6-19(28-16)15-24-8-2-3-17(13-24)21-22-20-7-5-18(14-26(20)23-21)25-9-11-27-12-10-25/h4-7,14,17H,2-3,8-13,15H2,1H3. The highest BCUT2D eigenvalue weighted by Crippen LogP contribution is 2.28. The highest BCUT2D eigenvalue weighted by atomic mass is 32.1. The highest BCUT2D eigenvalue weighted by molar-refractivity contribution is 7.11. The fraction of sp³-hybridized carbons (Fsp3) is 0.524. The van der Waals surface area contributed by atoms with E-state index in [1.165, 1.54) is 34.8 Å². The number of hydrogen-bond donors (Lipinski definition) is 0. The van der Waals surface area contributed by atoms with E-state index in [1.54, 1.807) is 0 Å². The second-order valence-electron chi connectivity index (χ2n) is 7.85. The van der Waals surface area contributed by atoms with Gasteiger partial charge in [0.15, 0.2) is 11.5 Å². The molecule has 1 unspecified atom stereocenters. The Labute approximate surface area is 169 Å². The molecular formula is C21H27N5OS. The molecule has 0 bridgehead atoms. The van der Waals surface area contributed by atoms with E-state index in [0.717, 1.165) is 50.9 Å². The van der Waals surface area contributed by atoms with Crippen molar-refractivity contribution < 1.29 is 4.74 Å². The van der Waals surface area contributed by atoms with E-state index in [4.69, 9.17) is 14.8 Å². The third kappa shape index (κ3) is 3.79. The highest BCUT2D eigenvalue weighted by Gasteiger charge is 2.25. The molecule has 0 radical (unpaired) electrons. The smallest absolute Gasteiger partial charge is 0.156 e. The van der Waals surface area contributed by atoms with Crippen molar-refractivity contribution in [1.82, 2.24) is 19.5 Å². The number of ether oxygens (including phenoxy) is 1. The molecule has 0 amide bonds. The minimum absolute atomic E-state index is 0.418. The zero-order chi connectivity index (χ0) is 18.9. The van der Waals surface area contributed by atoms with Crippen molar-refractivity contribution in [2.24, 2.45) is 0 Å². The summed E-state index contributed by atoms with van der Waals surface area (Å²) < 4.78 is 7.43. The first-order chi connectivity index (χ1) is 13.7. The van der Waals surface area contributed by atoms with Crippen molar-refractivity contribution in [2.45, 2.75) is 32.2 Å². The van der Waals surface area contributed by atoms with Crippen LogP contribution in [-0.2, 0) is 11.3 Å². The van der Waals surface area contributed by atoms with Crippen LogP contribution in [0.15, 0.2) is 30.5 Å². The Morgan fingerprint density at radius 1 is 1.14 bits per heavy atom. The van der Waals surface area contributed by atoms with Crippen molar-refractivity contribution in [2.75, 3.05) is 44.3 Å². The Morgan fingerprint density at radius 2 is 2.04 bits per heavy atom. The molecular weight excluding hydrogens is 370 g/mol. The van der Waals surface area contributed by atoms with Crippen LogP contribution in [0.1, 0.15) is 34.3 Å². The fourth-order valence-electron chi connectivity index (χ4n) is 4.27. The number of aromatic nitrogens is 3. The molecule has 0 spiro atoms. The average molecular weight is 398 g/mol. The van der Waals surface area contributed by atoms with Crippen LogP contribution in [0.25, 0.3) is 5.65 Å². The molecule has 2 fully saturated rings. The molecule has 28 heavy (non-hydrogen) atoms. The zero-order valence-corrected chi connectivity index (χ0v) is 17.2. The lowest BCUT2D eigenvalue weighted by Gasteiger charge is -2.30. The van der Waals surface area contributed by atoms with E-state index < -0.39 is 0 Å². The Balaban J connectivity index is 1.32. The first-order valence-electron chi connectivity index (χ1n) is 10.2. The second-order valence-corrected chi connectivity index (χ2v) is 9.22. The van der Waals surface area contributed by atoms with Crippen LogP contribution >= 0.6 is 11.3 Å². The quantitative estimate of drug-likeness (QED) is 0.676. The summed E-state index contributed by atoms with van der Waals surface area (Å²) in [5, 5.41) is 4.86. The van der Waals surface area contributed by atoms with Gasteiger partial charge in [-0.05, 0) is 50.6 Å². The SMILES string of the molecule is Cc1ccc(CN2CCCC(c3nc4ccc(N5CCOCC5)cn4n3)C2)s1. The van der Waals surface area contributed by atoms with E-state index in [1.807, 2.05) is 15.9 Å². The fourth-order valence-corrected chi connectivity index (χ4v) is 5.20. The summed E-state index contributed by atoms with van der Waals surface area (Å²) in [6.07, 6.45) is 4.50. The Bertz CT molecular complexity index is 945. The summed E-state index contributed by atoms with van der Waals surface area (Å²) in [6.45, 7) is 8.90. The molecule has 148 valence electrons. The normalized spacial score (nSPS) is 21.5. The average Bonchev–Trinajstić information content (AvgIpc) is 3.34. The number of nitrogens with zero attached hydrogens (tertiary/aromatic N) is 5. The number of rotatable bonds is 4. The third-order valence-electron chi connectivity index (χ3n) is 5.75. The van der Waals surface area contributed by atoms with Crippen LogP contribution in [0.3, 0.4) is 0 Å². The van der Waals surface area contributed by atoms with Crippen LogP contribution in [-0.4, -0.2) is 58.9 Å². The summed E-state index contributed by atoms with van der Waals surface area (Å²) in [6, 6.07) is 8.73.